The van der Waals surface area contributed by atoms with Crippen molar-refractivity contribution in [3.8, 4) is 5.75 Å². The molecular formula is C40H62O3. The number of hydrogen-bond donors (Lipinski definition) is 0. The van der Waals surface area contributed by atoms with E-state index in [1.807, 2.05) is 36.4 Å². The monoisotopic (exact) mass is 590 g/mol. The molecule has 3 heteroatoms. The van der Waals surface area contributed by atoms with Gasteiger partial charge in [-0.1, -0.05) is 162 Å². The van der Waals surface area contributed by atoms with Crippen LogP contribution in [0.15, 0.2) is 48.5 Å². The van der Waals surface area contributed by atoms with Gasteiger partial charge >= 0.3 is 0 Å². The Morgan fingerprint density at radius 3 is 1.23 bits per heavy atom. The van der Waals surface area contributed by atoms with Crippen LogP contribution < -0.4 is 4.74 Å². The molecule has 0 aliphatic carbocycles. The van der Waals surface area contributed by atoms with E-state index in [0.717, 1.165) is 31.4 Å². The number of carbonyl (C=O) groups excluding carboxylic acids is 2. The zero-order valence-electron chi connectivity index (χ0n) is 28.6. The normalized spacial score (nSPS) is 12.0. The maximum atomic E-state index is 14.6. The molecule has 2 rings (SSSR count). The molecule has 0 aliphatic rings. The fourth-order valence-corrected chi connectivity index (χ4v) is 6.22. The molecule has 0 saturated heterocycles. The second-order valence-electron chi connectivity index (χ2n) is 13.7. The summed E-state index contributed by atoms with van der Waals surface area (Å²) in [6.45, 7) is 11.1. The van der Waals surface area contributed by atoms with Crippen LogP contribution in [-0.4, -0.2) is 18.7 Å². The third-order valence-electron chi connectivity index (χ3n) is 9.15. The summed E-state index contributed by atoms with van der Waals surface area (Å²) in [7, 11) is 1.64. The topological polar surface area (TPSA) is 43.4 Å². The summed E-state index contributed by atoms with van der Waals surface area (Å²) in [6, 6.07) is 15.4. The number of ketones is 2. The second-order valence-corrected chi connectivity index (χ2v) is 13.7. The van der Waals surface area contributed by atoms with Crippen LogP contribution in [0.4, 0.5) is 0 Å². The fourth-order valence-electron chi connectivity index (χ4n) is 6.22. The molecule has 2 aromatic carbocycles. The van der Waals surface area contributed by atoms with Gasteiger partial charge in [-0.3, -0.25) is 9.59 Å². The summed E-state index contributed by atoms with van der Waals surface area (Å²) in [5.74, 6) is 0.697. The van der Waals surface area contributed by atoms with Gasteiger partial charge in [-0.05, 0) is 48.1 Å². The fraction of sp³-hybridized carbons (Fsp3) is 0.650. The highest BCUT2D eigenvalue weighted by molar-refractivity contribution is 6.19. The number of ether oxygens (including phenoxy) is 1. The average Bonchev–Trinajstić information content (AvgIpc) is 3.01. The Morgan fingerprint density at radius 2 is 0.884 bits per heavy atom. The molecule has 3 nitrogen and oxygen atoms in total. The second kappa shape index (κ2) is 19.8. The molecule has 0 heterocycles. The van der Waals surface area contributed by atoms with Gasteiger partial charge in [0.15, 0.2) is 11.6 Å². The van der Waals surface area contributed by atoms with Gasteiger partial charge in [0.25, 0.3) is 0 Å². The number of Topliss-reactive ketones (excluding diaryl/α,β-unsaturated/α-hetero) is 2. The standard InChI is InChI=1S/C40H62O3/c1-7-9-11-13-15-17-19-21-31-40(32-22-20-18-16-14-12-10-8-2,38(42)34-25-29-36(43-6)30-26-34)37(41)33-23-27-35(28-24-33)39(3,4)5/h23-30H,7-22,31-32H2,1-6H3. The van der Waals surface area contributed by atoms with E-state index < -0.39 is 5.41 Å². The van der Waals surface area contributed by atoms with E-state index in [4.69, 9.17) is 4.74 Å². The van der Waals surface area contributed by atoms with E-state index >= 15 is 0 Å². The first kappa shape index (κ1) is 36.8. The minimum atomic E-state index is -1.04. The number of carbonyl (C=O) groups is 2. The van der Waals surface area contributed by atoms with Crippen molar-refractivity contribution < 1.29 is 14.3 Å². The third kappa shape index (κ3) is 12.2. The number of rotatable bonds is 23. The number of hydrogen-bond acceptors (Lipinski definition) is 3. The lowest BCUT2D eigenvalue weighted by Crippen LogP contribution is -2.40. The molecular weight excluding hydrogens is 528 g/mol. The van der Waals surface area contributed by atoms with Crippen LogP contribution in [0.25, 0.3) is 0 Å². The van der Waals surface area contributed by atoms with E-state index in [1.54, 1.807) is 7.11 Å². The predicted octanol–water partition coefficient (Wildman–Crippen LogP) is 12.1. The van der Waals surface area contributed by atoms with Crippen molar-refractivity contribution >= 4 is 11.6 Å². The molecule has 0 atom stereocenters. The molecule has 0 unspecified atom stereocenters. The molecule has 240 valence electrons. The number of methoxy groups -OCH3 is 1. The zero-order chi connectivity index (χ0) is 31.6. The van der Waals surface area contributed by atoms with Gasteiger partial charge < -0.3 is 4.74 Å². The molecule has 0 radical (unpaired) electrons. The average molecular weight is 591 g/mol. The summed E-state index contributed by atoms with van der Waals surface area (Å²) in [4.78, 5) is 29.1. The summed E-state index contributed by atoms with van der Waals surface area (Å²) < 4.78 is 5.37. The maximum Gasteiger partial charge on any atom is 0.176 e. The summed E-state index contributed by atoms with van der Waals surface area (Å²) in [5, 5.41) is 0. The van der Waals surface area contributed by atoms with Gasteiger partial charge in [0.1, 0.15) is 5.75 Å². The molecule has 2 aromatic rings. The quantitative estimate of drug-likeness (QED) is 0.0734. The molecule has 0 bridgehead atoms. The largest absolute Gasteiger partial charge is 0.497 e. The highest BCUT2D eigenvalue weighted by atomic mass is 16.5. The van der Waals surface area contributed by atoms with Gasteiger partial charge in [0.2, 0.25) is 0 Å². The smallest absolute Gasteiger partial charge is 0.176 e. The Kier molecular flexibility index (Phi) is 16.9. The Morgan fingerprint density at radius 1 is 0.535 bits per heavy atom. The van der Waals surface area contributed by atoms with Crippen molar-refractivity contribution in [1.82, 2.24) is 0 Å². The maximum absolute atomic E-state index is 14.6. The van der Waals surface area contributed by atoms with E-state index in [2.05, 4.69) is 46.8 Å². The SMILES string of the molecule is CCCCCCCCCCC(CCCCCCCCCC)(C(=O)c1ccc(OC)cc1)C(=O)c1ccc(C(C)(C)C)cc1. The highest BCUT2D eigenvalue weighted by Gasteiger charge is 2.45. The Hall–Kier alpha value is -2.42. The van der Waals surface area contributed by atoms with E-state index in [-0.39, 0.29) is 17.0 Å². The molecule has 0 fully saturated rings. The van der Waals surface area contributed by atoms with Crippen LogP contribution in [0.2, 0.25) is 0 Å². The third-order valence-corrected chi connectivity index (χ3v) is 9.15. The summed E-state index contributed by atoms with van der Waals surface area (Å²) in [5.41, 5.74) is 1.43. The van der Waals surface area contributed by atoms with Gasteiger partial charge in [-0.25, -0.2) is 0 Å². The summed E-state index contributed by atoms with van der Waals surface area (Å²) in [6.07, 6.45) is 20.3. The van der Waals surface area contributed by atoms with Crippen LogP contribution in [0.3, 0.4) is 0 Å². The Balaban J connectivity index is 2.33. The lowest BCUT2D eigenvalue weighted by atomic mass is 9.67. The van der Waals surface area contributed by atoms with Crippen molar-refractivity contribution in [3.05, 3.63) is 65.2 Å². The Labute approximate surface area is 264 Å². The van der Waals surface area contributed by atoms with Crippen LogP contribution >= 0.6 is 0 Å². The molecule has 0 amide bonds. The molecule has 0 spiro atoms. The van der Waals surface area contributed by atoms with Gasteiger partial charge in [0, 0.05) is 11.1 Å². The first-order valence-electron chi connectivity index (χ1n) is 17.5. The van der Waals surface area contributed by atoms with Crippen LogP contribution in [-0.2, 0) is 5.41 Å². The van der Waals surface area contributed by atoms with Gasteiger partial charge in [-0.15, -0.1) is 0 Å². The van der Waals surface area contributed by atoms with Crippen molar-refractivity contribution in [2.45, 2.75) is 156 Å². The van der Waals surface area contributed by atoms with E-state index in [9.17, 15) is 9.59 Å². The van der Waals surface area contributed by atoms with Gasteiger partial charge in [0.05, 0.1) is 12.5 Å². The Bertz CT molecular complexity index is 1020. The van der Waals surface area contributed by atoms with Crippen molar-refractivity contribution in [2.75, 3.05) is 7.11 Å². The lowest BCUT2D eigenvalue weighted by molar-refractivity contribution is 0.0618. The van der Waals surface area contributed by atoms with E-state index in [1.165, 1.54) is 82.6 Å². The minimum absolute atomic E-state index is 0.000307. The van der Waals surface area contributed by atoms with Crippen LogP contribution in [0, 0.1) is 5.41 Å². The molecule has 0 aromatic heterocycles. The molecule has 0 N–H and O–H groups in total. The molecule has 43 heavy (non-hydrogen) atoms. The molecule has 0 aliphatic heterocycles. The lowest BCUT2D eigenvalue weighted by Gasteiger charge is -2.32. The van der Waals surface area contributed by atoms with Crippen molar-refractivity contribution in [2.24, 2.45) is 5.41 Å². The minimum Gasteiger partial charge on any atom is -0.497 e. The number of benzene rings is 2. The van der Waals surface area contributed by atoms with Crippen molar-refractivity contribution in [1.29, 1.82) is 0 Å². The van der Waals surface area contributed by atoms with Crippen LogP contribution in [0.5, 0.6) is 5.75 Å². The summed E-state index contributed by atoms with van der Waals surface area (Å²) >= 11 is 0. The van der Waals surface area contributed by atoms with Crippen molar-refractivity contribution in [3.63, 3.8) is 0 Å². The first-order valence-corrected chi connectivity index (χ1v) is 17.5. The van der Waals surface area contributed by atoms with Crippen LogP contribution in [0.1, 0.15) is 176 Å². The predicted molar refractivity (Wildman–Crippen MR) is 184 cm³/mol. The molecule has 0 saturated carbocycles. The van der Waals surface area contributed by atoms with E-state index in [0.29, 0.717) is 24.0 Å². The number of unbranched alkanes of at least 4 members (excludes halogenated alkanes) is 14. The highest BCUT2D eigenvalue weighted by Crippen LogP contribution is 2.40. The van der Waals surface area contributed by atoms with Gasteiger partial charge in [-0.2, -0.15) is 0 Å². The zero-order valence-corrected chi connectivity index (χ0v) is 28.6. The first-order chi connectivity index (χ1) is 20.7.